The molecule has 0 unspecified atom stereocenters. The number of nitrogens with zero attached hydrogens (tertiary/aromatic N) is 3. The molecule has 0 radical (unpaired) electrons. The van der Waals surface area contributed by atoms with Crippen LogP contribution in [0.15, 0.2) is 47.3 Å². The average Bonchev–Trinajstić information content (AvgIpc) is 3.52. The number of carbonyl (C=O) groups is 1. The third-order valence-corrected chi connectivity index (χ3v) is 8.07. The molecule has 7 nitrogen and oxygen atoms in total. The van der Waals surface area contributed by atoms with Crippen molar-refractivity contribution in [2.45, 2.75) is 31.7 Å². The van der Waals surface area contributed by atoms with Crippen molar-refractivity contribution in [3.63, 3.8) is 0 Å². The molecule has 5 rings (SSSR count). The number of hydrogen-bond acceptors (Lipinski definition) is 7. The van der Waals surface area contributed by atoms with Gasteiger partial charge in [-0.05, 0) is 56.6 Å². The van der Waals surface area contributed by atoms with Gasteiger partial charge in [0.25, 0.3) is 5.91 Å². The fraction of sp³-hybridized carbons (Fsp3) is 0.333. The number of pyridine rings is 1. The van der Waals surface area contributed by atoms with E-state index in [0.29, 0.717) is 4.88 Å². The smallest absolute Gasteiger partial charge is 0.322 e. The van der Waals surface area contributed by atoms with E-state index in [-0.39, 0.29) is 22.7 Å². The van der Waals surface area contributed by atoms with Crippen LogP contribution in [0, 0.1) is 6.92 Å². The maximum atomic E-state index is 13.0. The van der Waals surface area contributed by atoms with Crippen LogP contribution in [0.1, 0.15) is 36.7 Å². The molecule has 0 bridgehead atoms. The van der Waals surface area contributed by atoms with Gasteiger partial charge in [0.1, 0.15) is 5.01 Å². The molecule has 4 heterocycles. The standard InChI is InChI=1S/C24H25N5O2S2/c1-14-11-15(17-5-3-4-6-19(17)25-14)7-8-16-9-10-21(32-16)22(30)26-20-13-29(2)12-18(20)23-27-28-24(31)33-23/h3-6,9-11,18,20H,7-8,12-13H2,1-2H3,(H,26,30)(H,28,31)/t18-,20+/m0/s1. The van der Waals surface area contributed by atoms with Crippen molar-refractivity contribution in [2.75, 3.05) is 20.1 Å². The minimum Gasteiger partial charge on any atom is -0.347 e. The number of rotatable bonds is 6. The zero-order valence-electron chi connectivity index (χ0n) is 18.5. The summed E-state index contributed by atoms with van der Waals surface area (Å²) in [7, 11) is 2.02. The molecule has 1 aliphatic rings. The fourth-order valence-corrected chi connectivity index (χ4v) is 6.20. The Balaban J connectivity index is 1.26. The predicted octanol–water partition coefficient (Wildman–Crippen LogP) is 3.36. The van der Waals surface area contributed by atoms with Crippen LogP contribution < -0.4 is 10.2 Å². The van der Waals surface area contributed by atoms with Gasteiger partial charge in [-0.2, -0.15) is 5.10 Å². The summed E-state index contributed by atoms with van der Waals surface area (Å²) in [5, 5.41) is 11.8. The van der Waals surface area contributed by atoms with Crippen molar-refractivity contribution < 1.29 is 4.79 Å². The number of carbonyl (C=O) groups excluding carboxylic acids is 1. The van der Waals surface area contributed by atoms with E-state index >= 15 is 0 Å². The van der Waals surface area contributed by atoms with Gasteiger partial charge in [0.15, 0.2) is 0 Å². The molecule has 0 saturated carbocycles. The number of H-pyrrole nitrogens is 1. The second-order valence-electron chi connectivity index (χ2n) is 8.56. The zero-order valence-corrected chi connectivity index (χ0v) is 20.1. The van der Waals surface area contributed by atoms with Crippen molar-refractivity contribution in [1.29, 1.82) is 0 Å². The lowest BCUT2D eigenvalue weighted by Gasteiger charge is -2.17. The second-order valence-corrected chi connectivity index (χ2v) is 10.7. The molecule has 0 spiro atoms. The first kappa shape index (κ1) is 21.9. The number of hydrogen-bond donors (Lipinski definition) is 2. The number of likely N-dealkylation sites (tertiary alicyclic amines) is 1. The number of para-hydroxylation sites is 1. The molecule has 2 N–H and O–H groups in total. The summed E-state index contributed by atoms with van der Waals surface area (Å²) in [6, 6.07) is 14.3. The highest BCUT2D eigenvalue weighted by molar-refractivity contribution is 7.14. The molecule has 1 fully saturated rings. The van der Waals surface area contributed by atoms with Gasteiger partial charge < -0.3 is 10.2 Å². The van der Waals surface area contributed by atoms with Crippen LogP contribution in [0.2, 0.25) is 0 Å². The Morgan fingerprint density at radius 3 is 2.85 bits per heavy atom. The summed E-state index contributed by atoms with van der Waals surface area (Å²) in [6.07, 6.45) is 1.78. The van der Waals surface area contributed by atoms with Crippen LogP contribution >= 0.6 is 22.7 Å². The van der Waals surface area contributed by atoms with Crippen molar-refractivity contribution in [2.24, 2.45) is 0 Å². The number of benzene rings is 1. The molecular formula is C24H25N5O2S2. The highest BCUT2D eigenvalue weighted by Crippen LogP contribution is 2.28. The molecule has 1 aliphatic heterocycles. The van der Waals surface area contributed by atoms with Crippen molar-refractivity contribution in [3.05, 3.63) is 78.2 Å². The van der Waals surface area contributed by atoms with Crippen LogP contribution in [0.25, 0.3) is 10.9 Å². The summed E-state index contributed by atoms with van der Waals surface area (Å²) >= 11 is 2.67. The van der Waals surface area contributed by atoms with Gasteiger partial charge in [-0.25, -0.2) is 5.10 Å². The normalized spacial score (nSPS) is 18.7. The summed E-state index contributed by atoms with van der Waals surface area (Å²) in [5.41, 5.74) is 3.33. The predicted molar refractivity (Wildman–Crippen MR) is 132 cm³/mol. The van der Waals surface area contributed by atoms with E-state index in [4.69, 9.17) is 0 Å². The number of aromatic nitrogens is 3. The third kappa shape index (κ3) is 4.75. The van der Waals surface area contributed by atoms with Gasteiger partial charge in [0.2, 0.25) is 0 Å². The van der Waals surface area contributed by atoms with E-state index in [2.05, 4.69) is 43.6 Å². The molecule has 170 valence electrons. The topological polar surface area (TPSA) is 91.0 Å². The summed E-state index contributed by atoms with van der Waals surface area (Å²) in [4.78, 5) is 33.0. The molecular weight excluding hydrogens is 454 g/mol. The van der Waals surface area contributed by atoms with E-state index in [1.165, 1.54) is 15.8 Å². The van der Waals surface area contributed by atoms with Crippen LogP contribution in [-0.4, -0.2) is 52.2 Å². The fourth-order valence-electron chi connectivity index (χ4n) is 4.53. The number of aromatic amines is 1. The first-order chi connectivity index (χ1) is 16.0. The number of amides is 1. The highest BCUT2D eigenvalue weighted by atomic mass is 32.1. The maximum absolute atomic E-state index is 13.0. The van der Waals surface area contributed by atoms with Gasteiger partial charge in [-0.1, -0.05) is 29.5 Å². The minimum absolute atomic E-state index is 0.0190. The second kappa shape index (κ2) is 9.17. The molecule has 33 heavy (non-hydrogen) atoms. The first-order valence-electron chi connectivity index (χ1n) is 10.9. The highest BCUT2D eigenvalue weighted by Gasteiger charge is 2.35. The van der Waals surface area contributed by atoms with Crippen molar-refractivity contribution in [3.8, 4) is 0 Å². The first-order valence-corrected chi connectivity index (χ1v) is 12.6. The Hall–Kier alpha value is -2.88. The maximum Gasteiger partial charge on any atom is 0.322 e. The minimum atomic E-state index is -0.162. The lowest BCUT2D eigenvalue weighted by molar-refractivity contribution is 0.0939. The summed E-state index contributed by atoms with van der Waals surface area (Å²) in [6.45, 7) is 3.52. The number of aryl methyl sites for hydroxylation is 3. The van der Waals surface area contributed by atoms with Gasteiger partial charge in [0, 0.05) is 35.0 Å². The molecule has 1 amide bonds. The van der Waals surface area contributed by atoms with E-state index in [1.807, 2.05) is 38.2 Å². The quantitative estimate of drug-likeness (QED) is 0.443. The van der Waals surface area contributed by atoms with E-state index in [0.717, 1.165) is 53.5 Å². The van der Waals surface area contributed by atoms with Gasteiger partial charge >= 0.3 is 4.87 Å². The van der Waals surface area contributed by atoms with Crippen LogP contribution in [0.3, 0.4) is 0 Å². The Bertz CT molecular complexity index is 1360. The van der Waals surface area contributed by atoms with Crippen molar-refractivity contribution in [1.82, 2.24) is 25.4 Å². The largest absolute Gasteiger partial charge is 0.347 e. The lowest BCUT2D eigenvalue weighted by atomic mass is 10.0. The van der Waals surface area contributed by atoms with Crippen LogP contribution in [0.5, 0.6) is 0 Å². The number of nitrogens with one attached hydrogen (secondary N) is 2. The Labute approximate surface area is 199 Å². The van der Waals surface area contributed by atoms with Crippen molar-refractivity contribution >= 4 is 39.5 Å². The van der Waals surface area contributed by atoms with E-state index in [9.17, 15) is 9.59 Å². The Morgan fingerprint density at radius 1 is 1.18 bits per heavy atom. The van der Waals surface area contributed by atoms with E-state index < -0.39 is 0 Å². The zero-order chi connectivity index (χ0) is 22.9. The van der Waals surface area contributed by atoms with Crippen LogP contribution in [-0.2, 0) is 12.8 Å². The SMILES string of the molecule is Cc1cc(CCc2ccc(C(=O)N[C@@H]3CN(C)C[C@@H]3c3n[nH]c(=O)s3)s2)c2ccccc2n1. The Kier molecular flexibility index (Phi) is 6.09. The molecule has 9 heteroatoms. The number of likely N-dealkylation sites (N-methyl/N-ethyl adjacent to an activating group) is 1. The third-order valence-electron chi connectivity index (χ3n) is 6.05. The summed E-state index contributed by atoms with van der Waals surface area (Å²) < 4.78 is 0. The summed E-state index contributed by atoms with van der Waals surface area (Å²) in [5.74, 6) is -0.0461. The Morgan fingerprint density at radius 2 is 2.03 bits per heavy atom. The number of fused-ring (bicyclic) bond motifs is 1. The number of thiophene rings is 1. The van der Waals surface area contributed by atoms with Gasteiger partial charge in [0.05, 0.1) is 16.4 Å². The van der Waals surface area contributed by atoms with Crippen LogP contribution in [0.4, 0.5) is 0 Å². The van der Waals surface area contributed by atoms with Gasteiger partial charge in [-0.3, -0.25) is 14.6 Å². The lowest BCUT2D eigenvalue weighted by Crippen LogP contribution is -2.39. The van der Waals surface area contributed by atoms with Gasteiger partial charge in [-0.15, -0.1) is 11.3 Å². The molecule has 3 aromatic heterocycles. The molecule has 2 atom stereocenters. The monoisotopic (exact) mass is 479 g/mol. The molecule has 1 aromatic carbocycles. The van der Waals surface area contributed by atoms with E-state index in [1.54, 1.807) is 11.3 Å². The molecule has 0 aliphatic carbocycles. The molecule has 4 aromatic rings. The average molecular weight is 480 g/mol. The molecule has 1 saturated heterocycles.